The lowest BCUT2D eigenvalue weighted by atomic mass is 10.0. The zero-order chi connectivity index (χ0) is 34.2. The zero-order valence-corrected chi connectivity index (χ0v) is 26.6. The molecule has 0 saturated heterocycles. The predicted molar refractivity (Wildman–Crippen MR) is 171 cm³/mol. The normalized spacial score (nSPS) is 13.0. The van der Waals surface area contributed by atoms with Crippen molar-refractivity contribution in [1.82, 2.24) is 10.2 Å². The summed E-state index contributed by atoms with van der Waals surface area (Å²) in [6.07, 6.45) is -4.15. The number of benzene rings is 4. The van der Waals surface area contributed by atoms with E-state index in [-0.39, 0.29) is 29.6 Å². The lowest BCUT2D eigenvalue weighted by Crippen LogP contribution is -2.54. The van der Waals surface area contributed by atoms with Crippen LogP contribution in [0.2, 0.25) is 0 Å². The molecule has 0 aliphatic rings. The molecule has 0 saturated carbocycles. The van der Waals surface area contributed by atoms with Crippen molar-refractivity contribution in [1.29, 1.82) is 0 Å². The molecular formula is C35H35F4N3O4S. The summed E-state index contributed by atoms with van der Waals surface area (Å²) in [5.41, 5.74) is -0.331. The van der Waals surface area contributed by atoms with E-state index in [0.29, 0.717) is 27.9 Å². The Labute approximate surface area is 271 Å². The van der Waals surface area contributed by atoms with Crippen LogP contribution < -0.4 is 9.62 Å². The van der Waals surface area contributed by atoms with Gasteiger partial charge >= 0.3 is 6.18 Å². The number of nitrogens with zero attached hydrogens (tertiary/aromatic N) is 2. The van der Waals surface area contributed by atoms with Gasteiger partial charge in [-0.2, -0.15) is 13.2 Å². The topological polar surface area (TPSA) is 86.8 Å². The number of anilines is 1. The van der Waals surface area contributed by atoms with E-state index in [1.165, 1.54) is 59.5 Å². The molecule has 0 heterocycles. The molecule has 0 aliphatic heterocycles. The van der Waals surface area contributed by atoms with E-state index >= 15 is 0 Å². The monoisotopic (exact) mass is 669 g/mol. The van der Waals surface area contributed by atoms with Gasteiger partial charge < -0.3 is 10.2 Å². The molecule has 0 spiro atoms. The minimum atomic E-state index is -4.79. The molecule has 0 aliphatic carbocycles. The molecule has 2 amide bonds. The van der Waals surface area contributed by atoms with Crippen molar-refractivity contribution in [3.05, 3.63) is 132 Å². The Kier molecular flexibility index (Phi) is 11.4. The van der Waals surface area contributed by atoms with Gasteiger partial charge in [0.05, 0.1) is 16.1 Å². The van der Waals surface area contributed by atoms with Gasteiger partial charge in [0.25, 0.3) is 10.0 Å². The quantitative estimate of drug-likeness (QED) is 0.163. The van der Waals surface area contributed by atoms with E-state index in [0.717, 1.165) is 12.1 Å². The lowest BCUT2D eigenvalue weighted by molar-refractivity contribution is -0.140. The summed E-state index contributed by atoms with van der Waals surface area (Å²) in [6, 6.07) is 23.4. The molecule has 0 unspecified atom stereocenters. The highest BCUT2D eigenvalue weighted by Crippen LogP contribution is 2.33. The van der Waals surface area contributed by atoms with Gasteiger partial charge in [-0.15, -0.1) is 0 Å². The maximum Gasteiger partial charge on any atom is 0.416 e. The van der Waals surface area contributed by atoms with Gasteiger partial charge in [-0.1, -0.05) is 73.7 Å². The first-order valence-corrected chi connectivity index (χ1v) is 16.4. The molecule has 4 rings (SSSR count). The molecule has 47 heavy (non-hydrogen) atoms. The number of amides is 2. The van der Waals surface area contributed by atoms with Crippen molar-refractivity contribution in [2.45, 2.75) is 56.4 Å². The van der Waals surface area contributed by atoms with E-state index in [1.54, 1.807) is 43.3 Å². The summed E-state index contributed by atoms with van der Waals surface area (Å²) < 4.78 is 83.6. The number of carbonyl (C=O) groups is 2. The first kappa shape index (κ1) is 35.1. The highest BCUT2D eigenvalue weighted by atomic mass is 32.2. The Bertz CT molecular complexity index is 1750. The van der Waals surface area contributed by atoms with Crippen molar-refractivity contribution in [3.8, 4) is 0 Å². The average molecular weight is 670 g/mol. The molecule has 12 heteroatoms. The highest BCUT2D eigenvalue weighted by molar-refractivity contribution is 7.92. The maximum atomic E-state index is 14.4. The second-order valence-corrected chi connectivity index (χ2v) is 12.9. The molecular weight excluding hydrogens is 634 g/mol. The Balaban J connectivity index is 1.84. The summed E-state index contributed by atoms with van der Waals surface area (Å²) in [5.74, 6) is -1.88. The maximum absolute atomic E-state index is 14.4. The van der Waals surface area contributed by atoms with Crippen molar-refractivity contribution in [2.24, 2.45) is 0 Å². The number of carbonyl (C=O) groups excluding carboxylic acids is 2. The zero-order valence-electron chi connectivity index (χ0n) is 25.8. The van der Waals surface area contributed by atoms with Crippen LogP contribution in [0.5, 0.6) is 0 Å². The van der Waals surface area contributed by atoms with Gasteiger partial charge in [-0.3, -0.25) is 13.9 Å². The fraction of sp³-hybridized carbons (Fsp3) is 0.257. The third-order valence-corrected chi connectivity index (χ3v) is 9.40. The van der Waals surface area contributed by atoms with Gasteiger partial charge in [0.15, 0.2) is 0 Å². The first-order valence-electron chi connectivity index (χ1n) is 14.9. The lowest BCUT2D eigenvalue weighted by Gasteiger charge is -2.34. The van der Waals surface area contributed by atoms with Gasteiger partial charge in [0, 0.05) is 19.0 Å². The van der Waals surface area contributed by atoms with Crippen molar-refractivity contribution < 1.29 is 35.6 Å². The van der Waals surface area contributed by atoms with Crippen LogP contribution in [0.3, 0.4) is 0 Å². The molecule has 4 aromatic carbocycles. The fourth-order valence-electron chi connectivity index (χ4n) is 4.87. The van der Waals surface area contributed by atoms with Crippen LogP contribution in [0, 0.1) is 5.82 Å². The number of sulfonamides is 1. The second kappa shape index (κ2) is 15.3. The van der Waals surface area contributed by atoms with Crippen LogP contribution in [0.25, 0.3) is 0 Å². The fourth-order valence-corrected chi connectivity index (χ4v) is 6.29. The first-order chi connectivity index (χ1) is 22.3. The molecule has 0 radical (unpaired) electrons. The van der Waals surface area contributed by atoms with Crippen molar-refractivity contribution >= 4 is 27.5 Å². The van der Waals surface area contributed by atoms with Crippen molar-refractivity contribution in [3.63, 3.8) is 0 Å². The van der Waals surface area contributed by atoms with Crippen LogP contribution in [0.4, 0.5) is 23.2 Å². The number of rotatable bonds is 13. The van der Waals surface area contributed by atoms with E-state index in [9.17, 15) is 35.6 Å². The largest absolute Gasteiger partial charge is 0.416 e. The molecule has 0 bridgehead atoms. The molecule has 248 valence electrons. The number of alkyl halides is 3. The Morgan fingerprint density at radius 1 is 0.830 bits per heavy atom. The number of halogens is 4. The van der Waals surface area contributed by atoms with Crippen LogP contribution in [0.15, 0.2) is 114 Å². The van der Waals surface area contributed by atoms with Crippen LogP contribution in [-0.2, 0) is 38.8 Å². The Morgan fingerprint density at radius 3 is 2.04 bits per heavy atom. The average Bonchev–Trinajstić information content (AvgIpc) is 3.06. The SMILES string of the molecule is CC[C@H](C)NC(=O)[C@@H](Cc1ccccc1)N(Cc1ccc(F)cc1)C(=O)CN(c1cccc(C(F)(F)F)c1)S(=O)(=O)c1ccccc1. The van der Waals surface area contributed by atoms with E-state index in [4.69, 9.17) is 0 Å². The van der Waals surface area contributed by atoms with E-state index in [1.807, 2.05) is 6.92 Å². The summed E-state index contributed by atoms with van der Waals surface area (Å²) in [7, 11) is -4.58. The third kappa shape index (κ3) is 9.19. The van der Waals surface area contributed by atoms with Gasteiger partial charge in [-0.25, -0.2) is 12.8 Å². The summed E-state index contributed by atoms with van der Waals surface area (Å²) >= 11 is 0. The highest BCUT2D eigenvalue weighted by Gasteiger charge is 2.36. The minimum absolute atomic E-state index is 0.0467. The van der Waals surface area contributed by atoms with E-state index in [2.05, 4.69) is 5.32 Å². The molecule has 7 nitrogen and oxygen atoms in total. The Hall–Kier alpha value is -4.71. The van der Waals surface area contributed by atoms with Gasteiger partial charge in [0.2, 0.25) is 11.8 Å². The number of nitrogens with one attached hydrogen (secondary N) is 1. The standard InChI is InChI=1S/C35H35F4N3O4S/c1-3-25(2)40-34(44)32(21-26-11-6-4-7-12-26)41(23-27-17-19-29(36)20-18-27)33(43)24-42(47(45,46)31-15-8-5-9-16-31)30-14-10-13-28(22-30)35(37,38)39/h4-20,22,25,32H,3,21,23-24H2,1-2H3,(H,40,44)/t25-,32+/m0/s1. The van der Waals surface area contributed by atoms with Crippen LogP contribution >= 0.6 is 0 Å². The molecule has 1 N–H and O–H groups in total. The minimum Gasteiger partial charge on any atom is -0.352 e. The molecule has 2 atom stereocenters. The summed E-state index contributed by atoms with van der Waals surface area (Å²) in [5, 5.41) is 2.90. The predicted octanol–water partition coefficient (Wildman–Crippen LogP) is 6.59. The van der Waals surface area contributed by atoms with Crippen LogP contribution in [0.1, 0.15) is 37.0 Å². The third-order valence-electron chi connectivity index (χ3n) is 7.61. The summed E-state index contributed by atoms with van der Waals surface area (Å²) in [4.78, 5) is 29.2. The smallest absolute Gasteiger partial charge is 0.352 e. The number of hydrogen-bond donors (Lipinski definition) is 1. The molecule has 0 fully saturated rings. The Morgan fingerprint density at radius 2 is 1.45 bits per heavy atom. The van der Waals surface area contributed by atoms with Crippen LogP contribution in [-0.4, -0.2) is 43.8 Å². The second-order valence-electron chi connectivity index (χ2n) is 11.0. The van der Waals surface area contributed by atoms with Gasteiger partial charge in [-0.05, 0) is 66.9 Å². The van der Waals surface area contributed by atoms with Crippen molar-refractivity contribution in [2.75, 3.05) is 10.8 Å². The summed E-state index contributed by atoms with van der Waals surface area (Å²) in [6.45, 7) is 2.53. The molecule has 4 aromatic rings. The molecule has 0 aromatic heterocycles. The van der Waals surface area contributed by atoms with E-state index < -0.39 is 52.0 Å². The van der Waals surface area contributed by atoms with Gasteiger partial charge in [0.1, 0.15) is 18.4 Å². The number of hydrogen-bond acceptors (Lipinski definition) is 4.